The van der Waals surface area contributed by atoms with Crippen molar-refractivity contribution in [3.05, 3.63) is 55.7 Å². The Morgan fingerprint density at radius 2 is 2.06 bits per heavy atom. The predicted molar refractivity (Wildman–Crippen MR) is 76.0 cm³/mol. The summed E-state index contributed by atoms with van der Waals surface area (Å²) in [6, 6.07) is 9.88. The highest BCUT2D eigenvalue weighted by molar-refractivity contribution is 9.10. The van der Waals surface area contributed by atoms with Gasteiger partial charge in [0.1, 0.15) is 0 Å². The number of halogens is 1. The van der Waals surface area contributed by atoms with Crippen molar-refractivity contribution < 1.29 is 4.79 Å². The second kappa shape index (κ2) is 5.15. The molecule has 3 heteroatoms. The third kappa shape index (κ3) is 3.05. The van der Waals surface area contributed by atoms with E-state index < -0.39 is 0 Å². The number of rotatable bonds is 3. The lowest BCUT2D eigenvalue weighted by Crippen LogP contribution is -2.00. The van der Waals surface area contributed by atoms with Gasteiger partial charge in [0.2, 0.25) is 0 Å². The Bertz CT molecular complexity index is 538. The lowest BCUT2D eigenvalue weighted by molar-refractivity contribution is 0.0997. The maximum Gasteiger partial charge on any atom is 0.177 e. The zero-order chi connectivity index (χ0) is 12.4. The van der Waals surface area contributed by atoms with Crippen molar-refractivity contribution in [1.82, 2.24) is 0 Å². The third-order valence-electron chi connectivity index (χ3n) is 2.69. The molecule has 0 fully saturated rings. The molecule has 0 aliphatic carbocycles. The summed E-state index contributed by atoms with van der Waals surface area (Å²) in [4.78, 5) is 14.2. The van der Waals surface area contributed by atoms with Gasteiger partial charge in [-0.15, -0.1) is 11.3 Å². The Morgan fingerprint density at radius 1 is 1.29 bits per heavy atom. The molecule has 1 nitrogen and oxygen atoms in total. The number of carbonyl (C=O) groups is 1. The van der Waals surface area contributed by atoms with Crippen LogP contribution in [0.25, 0.3) is 0 Å². The molecular weight excluding hydrogens is 296 g/mol. The van der Waals surface area contributed by atoms with Gasteiger partial charge in [-0.2, -0.15) is 0 Å². The van der Waals surface area contributed by atoms with Crippen molar-refractivity contribution in [2.45, 2.75) is 20.3 Å². The van der Waals surface area contributed by atoms with Gasteiger partial charge >= 0.3 is 0 Å². The monoisotopic (exact) mass is 308 g/mol. The lowest BCUT2D eigenvalue weighted by atomic mass is 10.1. The molecule has 1 aromatic carbocycles. The van der Waals surface area contributed by atoms with Crippen molar-refractivity contribution in [3.8, 4) is 0 Å². The van der Waals surface area contributed by atoms with Gasteiger partial charge in [0.15, 0.2) is 5.78 Å². The van der Waals surface area contributed by atoms with Crippen molar-refractivity contribution in [2.75, 3.05) is 0 Å². The molecule has 2 rings (SSSR count). The van der Waals surface area contributed by atoms with Gasteiger partial charge in [-0.3, -0.25) is 4.79 Å². The van der Waals surface area contributed by atoms with E-state index in [9.17, 15) is 4.79 Å². The van der Waals surface area contributed by atoms with Gasteiger partial charge in [0.05, 0.1) is 4.88 Å². The summed E-state index contributed by atoms with van der Waals surface area (Å²) in [6.45, 7) is 4.09. The van der Waals surface area contributed by atoms with Crippen molar-refractivity contribution in [1.29, 1.82) is 0 Å². The second-order valence-electron chi connectivity index (χ2n) is 4.08. The molecular formula is C14H13BrOS. The van der Waals surface area contributed by atoms with Crippen molar-refractivity contribution in [3.63, 3.8) is 0 Å². The van der Waals surface area contributed by atoms with Crippen molar-refractivity contribution in [2.24, 2.45) is 0 Å². The zero-order valence-electron chi connectivity index (χ0n) is 9.79. The van der Waals surface area contributed by atoms with Crippen LogP contribution in [0.1, 0.15) is 25.7 Å². The van der Waals surface area contributed by atoms with E-state index in [4.69, 9.17) is 0 Å². The van der Waals surface area contributed by atoms with E-state index in [1.165, 1.54) is 10.4 Å². The normalized spacial score (nSPS) is 10.5. The highest BCUT2D eigenvalue weighted by atomic mass is 79.9. The Balaban J connectivity index is 2.17. The molecule has 0 unspecified atom stereocenters. The van der Waals surface area contributed by atoms with E-state index >= 15 is 0 Å². The molecule has 0 bridgehead atoms. The Morgan fingerprint density at radius 3 is 2.65 bits per heavy atom. The third-order valence-corrected chi connectivity index (χ3v) is 4.38. The molecule has 1 heterocycles. The van der Waals surface area contributed by atoms with Crippen LogP contribution in [-0.4, -0.2) is 5.78 Å². The minimum absolute atomic E-state index is 0.198. The van der Waals surface area contributed by atoms with Crippen LogP contribution in [0.4, 0.5) is 0 Å². The number of hydrogen-bond acceptors (Lipinski definition) is 2. The molecule has 0 spiro atoms. The number of ketones is 1. The number of benzene rings is 1. The first-order valence-electron chi connectivity index (χ1n) is 5.41. The summed E-state index contributed by atoms with van der Waals surface area (Å²) in [5.41, 5.74) is 2.25. The van der Waals surface area contributed by atoms with E-state index in [2.05, 4.69) is 22.9 Å². The van der Waals surface area contributed by atoms with Gasteiger partial charge < -0.3 is 0 Å². The molecule has 0 N–H and O–H groups in total. The Hall–Kier alpha value is -0.930. The summed E-state index contributed by atoms with van der Waals surface area (Å²) in [6.07, 6.45) is 0.471. The van der Waals surface area contributed by atoms with Crippen LogP contribution in [-0.2, 0) is 6.42 Å². The summed E-state index contributed by atoms with van der Waals surface area (Å²) < 4.78 is 1.02. The van der Waals surface area contributed by atoms with Crippen LogP contribution >= 0.6 is 27.3 Å². The van der Waals surface area contributed by atoms with Crippen LogP contribution in [0.5, 0.6) is 0 Å². The quantitative estimate of drug-likeness (QED) is 0.760. The summed E-state index contributed by atoms with van der Waals surface area (Å²) >= 11 is 5.00. The minimum Gasteiger partial charge on any atom is -0.293 e. The highest BCUT2D eigenvalue weighted by Gasteiger charge is 2.11. The fraction of sp³-hybridized carbons (Fsp3) is 0.214. The number of hydrogen-bond donors (Lipinski definition) is 0. The summed E-state index contributed by atoms with van der Waals surface area (Å²) in [5, 5.41) is 0. The second-order valence-corrected chi connectivity index (χ2v) is 6.25. The highest BCUT2D eigenvalue weighted by Crippen LogP contribution is 2.22. The van der Waals surface area contributed by atoms with Crippen LogP contribution in [0.15, 0.2) is 34.8 Å². The summed E-state index contributed by atoms with van der Waals surface area (Å²) in [5.74, 6) is 0.198. The van der Waals surface area contributed by atoms with Crippen molar-refractivity contribution >= 4 is 33.0 Å². The molecule has 0 atom stereocenters. The number of aryl methyl sites for hydroxylation is 2. The fourth-order valence-electron chi connectivity index (χ4n) is 1.63. The SMILES string of the molecule is Cc1cc(C(=O)Cc2cccc(Br)c2)sc1C. The van der Waals surface area contributed by atoms with Gasteiger partial charge in [-0.1, -0.05) is 28.1 Å². The van der Waals surface area contributed by atoms with Gasteiger partial charge in [-0.25, -0.2) is 0 Å². The Kier molecular flexibility index (Phi) is 3.79. The summed E-state index contributed by atoms with van der Waals surface area (Å²) in [7, 11) is 0. The molecule has 0 aliphatic rings. The molecule has 0 saturated heterocycles. The predicted octanol–water partition coefficient (Wildman–Crippen LogP) is 4.55. The van der Waals surface area contributed by atoms with E-state index in [1.807, 2.05) is 37.3 Å². The fourth-order valence-corrected chi connectivity index (χ4v) is 3.05. The largest absolute Gasteiger partial charge is 0.293 e. The van der Waals surface area contributed by atoms with E-state index in [0.717, 1.165) is 14.9 Å². The number of carbonyl (C=O) groups excluding carboxylic acids is 1. The molecule has 0 radical (unpaired) electrons. The maximum atomic E-state index is 12.1. The molecule has 2 aromatic rings. The van der Waals surface area contributed by atoms with Gasteiger partial charge in [0, 0.05) is 15.8 Å². The number of Topliss-reactive ketones (excluding diaryl/α,β-unsaturated/α-hetero) is 1. The van der Waals surface area contributed by atoms with E-state index in [0.29, 0.717) is 6.42 Å². The minimum atomic E-state index is 0.198. The molecule has 88 valence electrons. The molecule has 0 amide bonds. The van der Waals surface area contributed by atoms with E-state index in [-0.39, 0.29) is 5.78 Å². The topological polar surface area (TPSA) is 17.1 Å². The molecule has 1 aromatic heterocycles. The Labute approximate surface area is 114 Å². The molecule has 0 saturated carbocycles. The molecule has 17 heavy (non-hydrogen) atoms. The van der Waals surface area contributed by atoms with Gasteiger partial charge in [0.25, 0.3) is 0 Å². The average molecular weight is 309 g/mol. The first-order chi connectivity index (χ1) is 8.06. The van der Waals surface area contributed by atoms with Crippen LogP contribution in [0.2, 0.25) is 0 Å². The van der Waals surface area contributed by atoms with Gasteiger partial charge in [-0.05, 0) is 43.2 Å². The first kappa shape index (κ1) is 12.5. The first-order valence-corrected chi connectivity index (χ1v) is 7.02. The zero-order valence-corrected chi connectivity index (χ0v) is 12.2. The van der Waals surface area contributed by atoms with E-state index in [1.54, 1.807) is 11.3 Å². The number of thiophene rings is 1. The molecule has 0 aliphatic heterocycles. The maximum absolute atomic E-state index is 12.1. The van der Waals surface area contributed by atoms with Crippen LogP contribution in [0.3, 0.4) is 0 Å². The lowest BCUT2D eigenvalue weighted by Gasteiger charge is -1.99. The smallest absolute Gasteiger partial charge is 0.177 e. The van der Waals surface area contributed by atoms with Crippen LogP contribution < -0.4 is 0 Å². The average Bonchev–Trinajstić information content (AvgIpc) is 2.59. The standard InChI is InChI=1S/C14H13BrOS/c1-9-6-14(17-10(9)2)13(16)8-11-4-3-5-12(15)7-11/h3-7H,8H2,1-2H3. The van der Waals surface area contributed by atoms with Crippen LogP contribution in [0, 0.1) is 13.8 Å².